The molecule has 5 heteroatoms. The molecule has 63 heavy (non-hydrogen) atoms. The number of hydrogen-bond donors (Lipinski definition) is 0. The molecule has 0 N–H and O–H groups in total. The first-order valence-corrected chi connectivity index (χ1v) is 22.1. The first-order chi connectivity index (χ1) is 31.2. The highest BCUT2D eigenvalue weighted by Gasteiger charge is 2.47. The molecule has 0 radical (unpaired) electrons. The highest BCUT2D eigenvalue weighted by atomic mass is 32.1. The van der Waals surface area contributed by atoms with Crippen molar-refractivity contribution in [3.8, 4) is 56.4 Å². The molecule has 1 aliphatic carbocycles. The van der Waals surface area contributed by atoms with Gasteiger partial charge < -0.3 is 4.42 Å². The Hall–Kier alpha value is -7.99. The number of hydrogen-bond acceptors (Lipinski definition) is 5. The van der Waals surface area contributed by atoms with Gasteiger partial charge in [-0.2, -0.15) is 0 Å². The Balaban J connectivity index is 1.09. The van der Waals surface area contributed by atoms with Crippen LogP contribution in [0, 0.1) is 0 Å². The summed E-state index contributed by atoms with van der Waals surface area (Å²) in [4.78, 5) is 16.5. The number of aromatic nitrogens is 3. The summed E-state index contributed by atoms with van der Waals surface area (Å²) >= 11 is 1.79. The number of nitrogens with zero attached hydrogens (tertiary/aromatic N) is 3. The van der Waals surface area contributed by atoms with Crippen LogP contribution in [0.1, 0.15) is 22.3 Å². The number of furan rings is 1. The van der Waals surface area contributed by atoms with E-state index < -0.39 is 5.41 Å². The lowest BCUT2D eigenvalue weighted by Gasteiger charge is -2.33. The Bertz CT molecular complexity index is 3720. The van der Waals surface area contributed by atoms with Crippen LogP contribution in [0.2, 0.25) is 0 Å². The van der Waals surface area contributed by atoms with Crippen LogP contribution in [0.4, 0.5) is 0 Å². The Morgan fingerprint density at radius 3 is 1.70 bits per heavy atom. The van der Waals surface area contributed by atoms with Crippen LogP contribution in [-0.4, -0.2) is 15.0 Å². The second kappa shape index (κ2) is 14.0. The highest BCUT2D eigenvalue weighted by molar-refractivity contribution is 7.26. The van der Waals surface area contributed by atoms with Gasteiger partial charge in [0.1, 0.15) is 11.2 Å². The molecule has 0 bridgehead atoms. The van der Waals surface area contributed by atoms with Gasteiger partial charge in [0.2, 0.25) is 0 Å². The minimum absolute atomic E-state index is 0.561. The number of para-hydroxylation sites is 1. The maximum absolute atomic E-state index is 6.25. The highest BCUT2D eigenvalue weighted by Crippen LogP contribution is 2.58. The SMILES string of the molecule is c1ccc(C2(c3ccccc3)c3ccccc3-c3c(-c4nc(-c5ccccc5-c5ccc6oc7ccccc7c6c5)nc(-c5cccc6c5sc5ccccc56)n4)cccc32)cc1. The zero-order valence-corrected chi connectivity index (χ0v) is 34.7. The standard InChI is InChI=1S/C58H35N3OS/c1-3-17-37(18-4-1)58(38-19-5-2-6-20-38)48-29-12-9-25-44(48)53-45(27-16-30-49(53)58)56-59-55(60-57(61-56)46-28-15-26-42-41-23-11-14-32-52(41)63-54(42)46)43-24-8-7-21-39(43)36-33-34-51-47(35-36)40-22-10-13-31-50(40)62-51/h1-35H. The fourth-order valence-corrected chi connectivity index (χ4v) is 11.4. The summed E-state index contributed by atoms with van der Waals surface area (Å²) in [5, 5.41) is 4.60. The summed E-state index contributed by atoms with van der Waals surface area (Å²) in [6, 6.07) is 75.6. The van der Waals surface area contributed by atoms with E-state index in [1.165, 1.54) is 43.3 Å². The molecule has 0 unspecified atom stereocenters. The molecule has 0 spiro atoms. The van der Waals surface area contributed by atoms with E-state index in [2.05, 4.69) is 200 Å². The van der Waals surface area contributed by atoms with Gasteiger partial charge in [-0.25, -0.2) is 15.0 Å². The quantitative estimate of drug-likeness (QED) is 0.168. The molecule has 0 aliphatic heterocycles. The minimum atomic E-state index is -0.561. The van der Waals surface area contributed by atoms with Crippen molar-refractivity contribution in [2.45, 2.75) is 5.41 Å². The predicted octanol–water partition coefficient (Wildman–Crippen LogP) is 15.2. The van der Waals surface area contributed by atoms with Gasteiger partial charge in [-0.1, -0.05) is 182 Å². The zero-order valence-electron chi connectivity index (χ0n) is 33.9. The summed E-state index contributed by atoms with van der Waals surface area (Å²) in [5.41, 5.74) is 13.3. The zero-order chi connectivity index (χ0) is 41.5. The van der Waals surface area contributed by atoms with Crippen LogP contribution < -0.4 is 0 Å². The Labute approximate surface area is 367 Å². The third-order valence-electron chi connectivity index (χ3n) is 12.9. The molecule has 0 amide bonds. The molecule has 13 rings (SSSR count). The first kappa shape index (κ1) is 35.7. The van der Waals surface area contributed by atoms with E-state index in [0.717, 1.165) is 60.0 Å². The largest absolute Gasteiger partial charge is 0.456 e. The molecule has 3 heterocycles. The molecule has 0 saturated heterocycles. The van der Waals surface area contributed by atoms with Crippen LogP contribution in [0.15, 0.2) is 217 Å². The van der Waals surface area contributed by atoms with Crippen molar-refractivity contribution in [1.82, 2.24) is 15.0 Å². The van der Waals surface area contributed by atoms with Gasteiger partial charge in [0.15, 0.2) is 17.5 Å². The van der Waals surface area contributed by atoms with Crippen molar-refractivity contribution in [1.29, 1.82) is 0 Å². The Morgan fingerprint density at radius 1 is 0.365 bits per heavy atom. The van der Waals surface area contributed by atoms with Crippen molar-refractivity contribution in [2.24, 2.45) is 0 Å². The van der Waals surface area contributed by atoms with Gasteiger partial charge >= 0.3 is 0 Å². The predicted molar refractivity (Wildman–Crippen MR) is 259 cm³/mol. The number of benzene rings is 9. The van der Waals surface area contributed by atoms with Gasteiger partial charge in [-0.3, -0.25) is 0 Å². The Kier molecular flexibility index (Phi) is 7.96. The number of fused-ring (bicyclic) bond motifs is 9. The third kappa shape index (κ3) is 5.37. The smallest absolute Gasteiger partial charge is 0.165 e. The van der Waals surface area contributed by atoms with Crippen molar-refractivity contribution < 1.29 is 4.42 Å². The maximum Gasteiger partial charge on any atom is 0.165 e. The number of thiophene rings is 1. The summed E-state index contributed by atoms with van der Waals surface area (Å²) < 4.78 is 8.63. The van der Waals surface area contributed by atoms with Crippen LogP contribution in [-0.2, 0) is 5.41 Å². The van der Waals surface area contributed by atoms with Crippen molar-refractivity contribution in [3.63, 3.8) is 0 Å². The molecule has 9 aromatic carbocycles. The van der Waals surface area contributed by atoms with E-state index in [1.54, 1.807) is 11.3 Å². The Morgan fingerprint density at radius 2 is 0.905 bits per heavy atom. The van der Waals surface area contributed by atoms with E-state index >= 15 is 0 Å². The van der Waals surface area contributed by atoms with Crippen LogP contribution >= 0.6 is 11.3 Å². The van der Waals surface area contributed by atoms with Crippen molar-refractivity contribution >= 4 is 53.4 Å². The molecule has 294 valence electrons. The third-order valence-corrected chi connectivity index (χ3v) is 14.1. The molecule has 12 aromatic rings. The summed E-state index contributed by atoms with van der Waals surface area (Å²) in [7, 11) is 0. The van der Waals surface area contributed by atoms with Gasteiger partial charge in [-0.05, 0) is 74.8 Å². The van der Waals surface area contributed by atoms with E-state index in [1.807, 2.05) is 12.1 Å². The lowest BCUT2D eigenvalue weighted by Crippen LogP contribution is -2.28. The molecule has 3 aromatic heterocycles. The second-order valence-corrected chi connectivity index (χ2v) is 17.2. The normalized spacial score (nSPS) is 12.9. The number of rotatable bonds is 6. The lowest BCUT2D eigenvalue weighted by molar-refractivity contribution is 0.669. The van der Waals surface area contributed by atoms with Gasteiger partial charge in [0.05, 0.1) is 5.41 Å². The monoisotopic (exact) mass is 821 g/mol. The first-order valence-electron chi connectivity index (χ1n) is 21.3. The van der Waals surface area contributed by atoms with E-state index in [4.69, 9.17) is 19.4 Å². The van der Waals surface area contributed by atoms with Crippen molar-refractivity contribution in [2.75, 3.05) is 0 Å². The molecular weight excluding hydrogens is 787 g/mol. The molecule has 0 atom stereocenters. The van der Waals surface area contributed by atoms with E-state index in [0.29, 0.717) is 17.5 Å². The molecule has 0 saturated carbocycles. The molecule has 4 nitrogen and oxygen atoms in total. The van der Waals surface area contributed by atoms with Gasteiger partial charge in [-0.15, -0.1) is 11.3 Å². The maximum atomic E-state index is 6.25. The van der Waals surface area contributed by atoms with Crippen LogP contribution in [0.5, 0.6) is 0 Å². The van der Waals surface area contributed by atoms with E-state index in [-0.39, 0.29) is 0 Å². The minimum Gasteiger partial charge on any atom is -0.456 e. The van der Waals surface area contributed by atoms with Gasteiger partial charge in [0, 0.05) is 47.6 Å². The topological polar surface area (TPSA) is 51.8 Å². The van der Waals surface area contributed by atoms with Gasteiger partial charge in [0.25, 0.3) is 0 Å². The second-order valence-electron chi connectivity index (χ2n) is 16.2. The van der Waals surface area contributed by atoms with Crippen molar-refractivity contribution in [3.05, 3.63) is 235 Å². The average molecular weight is 822 g/mol. The van der Waals surface area contributed by atoms with E-state index in [9.17, 15) is 0 Å². The fourth-order valence-electron chi connectivity index (χ4n) is 10.2. The summed E-state index contributed by atoms with van der Waals surface area (Å²) in [6.07, 6.45) is 0. The molecule has 1 aliphatic rings. The molecular formula is C58H35N3OS. The lowest BCUT2D eigenvalue weighted by atomic mass is 9.67. The summed E-state index contributed by atoms with van der Waals surface area (Å²) in [6.45, 7) is 0. The van der Waals surface area contributed by atoms with Crippen LogP contribution in [0.25, 0.3) is 98.5 Å². The summed E-state index contributed by atoms with van der Waals surface area (Å²) in [5.74, 6) is 1.88. The molecule has 0 fully saturated rings. The van der Waals surface area contributed by atoms with Crippen LogP contribution in [0.3, 0.4) is 0 Å². The average Bonchev–Trinajstić information content (AvgIpc) is 4.03. The fraction of sp³-hybridized carbons (Fsp3) is 0.0172.